The van der Waals surface area contributed by atoms with Crippen molar-refractivity contribution in [3.63, 3.8) is 0 Å². The van der Waals surface area contributed by atoms with Gasteiger partial charge in [-0.05, 0) is 18.6 Å². The van der Waals surface area contributed by atoms with Gasteiger partial charge in [0.25, 0.3) is 0 Å². The average molecular weight is 270 g/mol. The molecule has 20 heavy (non-hydrogen) atoms. The van der Waals surface area contributed by atoms with Crippen molar-refractivity contribution in [1.82, 2.24) is 9.97 Å². The maximum atomic E-state index is 10.9. The fraction of sp³-hybridized carbons (Fsp3) is 0.0833. The van der Waals surface area contributed by atoms with Gasteiger partial charge >= 0.3 is 5.69 Å². The lowest BCUT2D eigenvalue weighted by Crippen LogP contribution is -2.05. The summed E-state index contributed by atoms with van der Waals surface area (Å²) in [6.07, 6.45) is 1.02. The van der Waals surface area contributed by atoms with Gasteiger partial charge in [-0.1, -0.05) is 12.1 Å². The molecule has 0 aliphatic rings. The van der Waals surface area contributed by atoms with Crippen LogP contribution in [0.1, 0.15) is 11.1 Å². The van der Waals surface area contributed by atoms with E-state index in [1.165, 1.54) is 0 Å². The van der Waals surface area contributed by atoms with Gasteiger partial charge in [-0.2, -0.15) is 10.2 Å². The Morgan fingerprint density at radius 1 is 1.50 bits per heavy atom. The van der Waals surface area contributed by atoms with Crippen molar-refractivity contribution in [2.24, 2.45) is 0 Å². The lowest BCUT2D eigenvalue weighted by molar-refractivity contribution is -0.384. The van der Waals surface area contributed by atoms with E-state index in [2.05, 4.69) is 15.3 Å². The molecule has 100 valence electrons. The highest BCUT2D eigenvalue weighted by molar-refractivity contribution is 5.71. The summed E-state index contributed by atoms with van der Waals surface area (Å²) in [4.78, 5) is 17.7. The van der Waals surface area contributed by atoms with Crippen molar-refractivity contribution in [2.45, 2.75) is 6.92 Å². The van der Waals surface area contributed by atoms with Crippen LogP contribution in [0.25, 0.3) is 0 Å². The van der Waals surface area contributed by atoms with Crippen LogP contribution in [0.4, 0.5) is 23.1 Å². The van der Waals surface area contributed by atoms with Crippen molar-refractivity contribution in [1.29, 1.82) is 5.26 Å². The van der Waals surface area contributed by atoms with Gasteiger partial charge < -0.3 is 11.1 Å². The molecule has 8 nitrogen and oxygen atoms in total. The minimum absolute atomic E-state index is 0.0513. The molecular weight excluding hydrogens is 260 g/mol. The standard InChI is InChI=1S/C12H10N6O2/c1-7-3-2-4-9(8(7)5-13)16-11-10(18(19)20)6-15-12(14)17-11/h2-4,6H,1H3,(H3,14,15,16,17). The van der Waals surface area contributed by atoms with Gasteiger partial charge in [0.2, 0.25) is 11.8 Å². The van der Waals surface area contributed by atoms with Crippen LogP contribution in [0.5, 0.6) is 0 Å². The molecule has 2 rings (SSSR count). The smallest absolute Gasteiger partial charge is 0.329 e. The van der Waals surface area contributed by atoms with Gasteiger partial charge in [-0.25, -0.2) is 4.98 Å². The number of nitrogens with zero attached hydrogens (tertiary/aromatic N) is 4. The summed E-state index contributed by atoms with van der Waals surface area (Å²) in [5.74, 6) is -0.145. The molecule has 0 saturated carbocycles. The number of aromatic nitrogens is 2. The third kappa shape index (κ3) is 2.46. The van der Waals surface area contributed by atoms with E-state index in [9.17, 15) is 10.1 Å². The number of nitriles is 1. The second kappa shape index (κ2) is 5.19. The van der Waals surface area contributed by atoms with E-state index in [1.807, 2.05) is 6.07 Å². The molecule has 2 aromatic rings. The predicted octanol–water partition coefficient (Wildman–Crippen LogP) is 1.89. The molecule has 1 aromatic carbocycles. The highest BCUT2D eigenvalue weighted by Gasteiger charge is 2.18. The summed E-state index contributed by atoms with van der Waals surface area (Å²) >= 11 is 0. The minimum Gasteiger partial charge on any atom is -0.368 e. The van der Waals surface area contributed by atoms with Gasteiger partial charge in [0.05, 0.1) is 16.2 Å². The van der Waals surface area contributed by atoms with E-state index in [0.29, 0.717) is 11.3 Å². The first-order chi connectivity index (χ1) is 9.52. The van der Waals surface area contributed by atoms with Crippen LogP contribution in [0.3, 0.4) is 0 Å². The van der Waals surface area contributed by atoms with Gasteiger partial charge in [-0.3, -0.25) is 10.1 Å². The molecule has 0 aliphatic heterocycles. The average Bonchev–Trinajstić information content (AvgIpc) is 2.38. The molecule has 0 aliphatic carbocycles. The highest BCUT2D eigenvalue weighted by Crippen LogP contribution is 2.27. The van der Waals surface area contributed by atoms with E-state index in [0.717, 1.165) is 11.8 Å². The van der Waals surface area contributed by atoms with E-state index in [4.69, 9.17) is 11.0 Å². The van der Waals surface area contributed by atoms with Gasteiger partial charge in [0.1, 0.15) is 12.3 Å². The molecule has 8 heteroatoms. The molecule has 1 aromatic heterocycles. The van der Waals surface area contributed by atoms with Crippen LogP contribution in [0.15, 0.2) is 24.4 Å². The Morgan fingerprint density at radius 2 is 2.25 bits per heavy atom. The zero-order valence-corrected chi connectivity index (χ0v) is 10.5. The molecule has 3 N–H and O–H groups in total. The summed E-state index contributed by atoms with van der Waals surface area (Å²) in [6.45, 7) is 1.77. The van der Waals surface area contributed by atoms with Crippen molar-refractivity contribution >= 4 is 23.1 Å². The predicted molar refractivity (Wildman–Crippen MR) is 72.3 cm³/mol. The summed E-state index contributed by atoms with van der Waals surface area (Å²) in [6, 6.07) is 7.17. The molecule has 0 bridgehead atoms. The third-order valence-corrected chi connectivity index (χ3v) is 2.62. The SMILES string of the molecule is Cc1cccc(Nc2nc(N)ncc2[N+](=O)[O-])c1C#N. The molecule has 0 amide bonds. The van der Waals surface area contributed by atoms with Crippen molar-refractivity contribution < 1.29 is 4.92 Å². The molecule has 0 saturated heterocycles. The molecule has 0 fully saturated rings. The summed E-state index contributed by atoms with van der Waals surface area (Å²) in [5.41, 5.74) is 6.68. The Kier molecular flexibility index (Phi) is 3.43. The normalized spacial score (nSPS) is 9.80. The van der Waals surface area contributed by atoms with Crippen LogP contribution in [-0.4, -0.2) is 14.9 Å². The van der Waals surface area contributed by atoms with Crippen molar-refractivity contribution in [3.05, 3.63) is 45.6 Å². The zero-order valence-electron chi connectivity index (χ0n) is 10.5. The molecular formula is C12H10N6O2. The quantitative estimate of drug-likeness (QED) is 0.643. The Hall–Kier alpha value is -3.21. The second-order valence-electron chi connectivity index (χ2n) is 3.95. The molecule has 0 unspecified atom stereocenters. The zero-order chi connectivity index (χ0) is 14.7. The first-order valence-electron chi connectivity index (χ1n) is 5.56. The number of hydrogen-bond donors (Lipinski definition) is 2. The number of hydrogen-bond acceptors (Lipinski definition) is 7. The van der Waals surface area contributed by atoms with E-state index >= 15 is 0 Å². The van der Waals surface area contributed by atoms with Crippen molar-refractivity contribution in [2.75, 3.05) is 11.1 Å². The second-order valence-corrected chi connectivity index (χ2v) is 3.95. The maximum absolute atomic E-state index is 10.9. The van der Waals surface area contributed by atoms with Crippen molar-refractivity contribution in [3.8, 4) is 6.07 Å². The fourth-order valence-corrected chi connectivity index (χ4v) is 1.66. The number of anilines is 3. The third-order valence-electron chi connectivity index (χ3n) is 2.62. The summed E-state index contributed by atoms with van der Waals surface area (Å²) < 4.78 is 0. The van der Waals surface area contributed by atoms with Crippen LogP contribution in [-0.2, 0) is 0 Å². The number of nitrogens with two attached hydrogens (primary N) is 1. The van der Waals surface area contributed by atoms with Gasteiger partial charge in [0, 0.05) is 0 Å². The lowest BCUT2D eigenvalue weighted by Gasteiger charge is -2.09. The molecule has 0 radical (unpaired) electrons. The monoisotopic (exact) mass is 270 g/mol. The number of nitrogens with one attached hydrogen (secondary N) is 1. The summed E-state index contributed by atoms with van der Waals surface area (Å²) in [7, 11) is 0. The Bertz CT molecular complexity index is 722. The largest absolute Gasteiger partial charge is 0.368 e. The molecule has 0 spiro atoms. The van der Waals surface area contributed by atoms with E-state index in [-0.39, 0.29) is 17.5 Å². The fourth-order valence-electron chi connectivity index (χ4n) is 1.66. The Labute approximate surface area is 114 Å². The Balaban J connectivity index is 2.51. The van der Waals surface area contributed by atoms with E-state index in [1.54, 1.807) is 25.1 Å². The number of rotatable bonds is 3. The van der Waals surface area contributed by atoms with Crippen LogP contribution in [0.2, 0.25) is 0 Å². The minimum atomic E-state index is -0.621. The van der Waals surface area contributed by atoms with Crippen LogP contribution in [0, 0.1) is 28.4 Å². The number of nitrogen functional groups attached to an aromatic ring is 1. The Morgan fingerprint density at radius 3 is 2.90 bits per heavy atom. The number of nitro groups is 1. The topological polar surface area (TPSA) is 131 Å². The molecule has 0 atom stereocenters. The lowest BCUT2D eigenvalue weighted by atomic mass is 10.1. The van der Waals surface area contributed by atoms with Crippen LogP contribution < -0.4 is 11.1 Å². The highest BCUT2D eigenvalue weighted by atomic mass is 16.6. The maximum Gasteiger partial charge on any atom is 0.329 e. The first-order valence-corrected chi connectivity index (χ1v) is 5.56. The van der Waals surface area contributed by atoms with Gasteiger partial charge in [-0.15, -0.1) is 0 Å². The van der Waals surface area contributed by atoms with Gasteiger partial charge in [0.15, 0.2) is 0 Å². The van der Waals surface area contributed by atoms with E-state index < -0.39 is 4.92 Å². The molecule has 1 heterocycles. The van der Waals surface area contributed by atoms with Crippen LogP contribution >= 0.6 is 0 Å². The first kappa shape index (κ1) is 13.2. The number of aryl methyl sites for hydroxylation is 1. The summed E-state index contributed by atoms with van der Waals surface area (Å²) in [5, 5.41) is 22.8. The number of benzene rings is 1.